The van der Waals surface area contributed by atoms with E-state index in [4.69, 9.17) is 26.1 Å². The van der Waals surface area contributed by atoms with Gasteiger partial charge >= 0.3 is 29.5 Å². The zero-order valence-electron chi connectivity index (χ0n) is 4.43. The van der Waals surface area contributed by atoms with Gasteiger partial charge in [-0.2, -0.15) is 0 Å². The van der Waals surface area contributed by atoms with Crippen LogP contribution >= 0.6 is 0 Å². The summed E-state index contributed by atoms with van der Waals surface area (Å²) in [7, 11) is 0. The van der Waals surface area contributed by atoms with Crippen LogP contribution in [-0.2, 0) is 21.2 Å². The van der Waals surface area contributed by atoms with Crippen LogP contribution in [0.1, 0.15) is 0 Å². The molecule has 7 heteroatoms. The molecule has 0 atom stereocenters. The molecule has 0 heterocycles. The number of hydrogen-bond acceptors (Lipinski definition) is 4. The third kappa shape index (κ3) is 301. The first-order valence-electron chi connectivity index (χ1n) is 1.83. The number of hydrogen-bond donors (Lipinski definition) is 4. The second-order valence-electron chi connectivity index (χ2n) is 0.895. The van der Waals surface area contributed by atoms with Gasteiger partial charge in [0, 0.05) is 0 Å². The van der Waals surface area contributed by atoms with Crippen LogP contribution < -0.4 is 0 Å². The van der Waals surface area contributed by atoms with Crippen molar-refractivity contribution >= 4 is 0 Å². The first kappa shape index (κ1) is 11.7. The molecular weight excluding hydrogens is 172 g/mol. The number of aliphatic hydroxyl groups is 2. The number of aliphatic hydroxyl groups excluding tert-OH is 2. The van der Waals surface area contributed by atoms with Gasteiger partial charge in [-0.1, -0.05) is 0 Å². The third-order valence-electron chi connectivity index (χ3n) is 0.1000. The molecule has 0 fully saturated rings. The van der Waals surface area contributed by atoms with Crippen LogP contribution in [0.25, 0.3) is 0 Å². The molecule has 0 bridgehead atoms. The van der Waals surface area contributed by atoms with Gasteiger partial charge in [-0.3, -0.25) is 0 Å². The Morgan fingerprint density at radius 2 is 1.11 bits per heavy atom. The van der Waals surface area contributed by atoms with Crippen molar-refractivity contribution in [3.63, 3.8) is 0 Å². The molecule has 58 valence electrons. The zero-order valence-corrected chi connectivity index (χ0v) is 5.70. The zero-order chi connectivity index (χ0) is 7.91. The van der Waals surface area contributed by atoms with E-state index in [1.54, 1.807) is 0 Å². The first-order valence-corrected chi connectivity index (χ1v) is 4.01. The molecule has 0 rings (SSSR count). The number of rotatable bonds is 1. The molecule has 9 heavy (non-hydrogen) atoms. The van der Waals surface area contributed by atoms with Crippen molar-refractivity contribution < 1.29 is 39.7 Å². The van der Waals surface area contributed by atoms with Crippen LogP contribution in [0.3, 0.4) is 0 Å². The SMILES string of the molecule is OCCO.[O]=[Cr](=[O])([OH])[OH]. The maximum absolute atomic E-state index is 8.82. The molecule has 0 saturated carbocycles. The van der Waals surface area contributed by atoms with E-state index in [9.17, 15) is 0 Å². The third-order valence-corrected chi connectivity index (χ3v) is 0.1000. The summed E-state index contributed by atoms with van der Waals surface area (Å²) in [5, 5.41) is 15.2. The summed E-state index contributed by atoms with van der Waals surface area (Å²) in [6.45, 7) is -0.250. The van der Waals surface area contributed by atoms with E-state index in [2.05, 4.69) is 0 Å². The van der Waals surface area contributed by atoms with Crippen molar-refractivity contribution in [3.8, 4) is 0 Å². The Bertz CT molecular complexity index is 114. The molecule has 0 saturated heterocycles. The molecule has 0 aromatic heterocycles. The molecule has 0 aliphatic heterocycles. The van der Waals surface area contributed by atoms with E-state index in [1.807, 2.05) is 0 Å². The van der Waals surface area contributed by atoms with Crippen LogP contribution in [0.15, 0.2) is 0 Å². The van der Waals surface area contributed by atoms with Crippen molar-refractivity contribution in [2.24, 2.45) is 0 Å². The first-order chi connectivity index (χ1) is 3.91. The summed E-state index contributed by atoms with van der Waals surface area (Å²) in [5.74, 6) is 0. The average Bonchev–Trinajstić information content (AvgIpc) is 1.61. The summed E-state index contributed by atoms with van der Waals surface area (Å²) in [5.41, 5.74) is 0. The fraction of sp³-hybridized carbons (Fsp3) is 1.00. The van der Waals surface area contributed by atoms with E-state index in [0.717, 1.165) is 0 Å². The summed E-state index contributed by atoms with van der Waals surface area (Å²) >= 11 is -5.25. The van der Waals surface area contributed by atoms with Gasteiger partial charge in [0.15, 0.2) is 0 Å². The van der Waals surface area contributed by atoms with Crippen molar-refractivity contribution in [2.75, 3.05) is 13.2 Å². The van der Waals surface area contributed by atoms with Crippen molar-refractivity contribution in [2.45, 2.75) is 0 Å². The van der Waals surface area contributed by atoms with Crippen LogP contribution in [0, 0.1) is 0 Å². The van der Waals surface area contributed by atoms with Crippen LogP contribution in [0.5, 0.6) is 0 Å². The molecule has 0 radical (unpaired) electrons. The van der Waals surface area contributed by atoms with Gasteiger partial charge in [-0.05, 0) is 0 Å². The van der Waals surface area contributed by atoms with Gasteiger partial charge in [0.1, 0.15) is 0 Å². The molecule has 0 aromatic carbocycles. The summed E-state index contributed by atoms with van der Waals surface area (Å²) in [4.78, 5) is 0. The van der Waals surface area contributed by atoms with Crippen LogP contribution in [0.2, 0.25) is 0 Å². The van der Waals surface area contributed by atoms with Crippen LogP contribution in [0.4, 0.5) is 0 Å². The molecular formula is C2H8CrO6. The van der Waals surface area contributed by atoms with Crippen molar-refractivity contribution in [3.05, 3.63) is 0 Å². The Morgan fingerprint density at radius 1 is 1.00 bits per heavy atom. The fourth-order valence-corrected chi connectivity index (χ4v) is 0. The Hall–Kier alpha value is -0.0275. The molecule has 0 unspecified atom stereocenters. The Morgan fingerprint density at radius 3 is 1.11 bits per heavy atom. The molecule has 0 aliphatic rings. The van der Waals surface area contributed by atoms with Gasteiger partial charge in [0.05, 0.1) is 13.2 Å². The van der Waals surface area contributed by atoms with E-state index in [0.29, 0.717) is 0 Å². The Kier molecular flexibility index (Phi) is 7.95. The topological polar surface area (TPSA) is 115 Å². The normalized spacial score (nSPS) is 9.78. The molecule has 0 aliphatic carbocycles. The van der Waals surface area contributed by atoms with E-state index < -0.39 is 13.6 Å². The Labute approximate surface area is 53.8 Å². The Balaban J connectivity index is 0. The van der Waals surface area contributed by atoms with E-state index >= 15 is 0 Å². The van der Waals surface area contributed by atoms with Crippen molar-refractivity contribution in [1.29, 1.82) is 0 Å². The summed E-state index contributed by atoms with van der Waals surface area (Å²) < 4.78 is 31.9. The molecule has 0 amide bonds. The second-order valence-corrected chi connectivity index (χ2v) is 2.29. The molecule has 4 N–H and O–H groups in total. The molecule has 6 nitrogen and oxygen atoms in total. The minimum atomic E-state index is -5.25. The van der Waals surface area contributed by atoms with E-state index in [-0.39, 0.29) is 13.2 Å². The predicted octanol–water partition coefficient (Wildman–Crippen LogP) is -2.38. The quantitative estimate of drug-likeness (QED) is 0.358. The van der Waals surface area contributed by atoms with Gasteiger partial charge in [0.25, 0.3) is 0 Å². The minimum absolute atomic E-state index is 0.125. The summed E-state index contributed by atoms with van der Waals surface area (Å²) in [6, 6.07) is 0. The van der Waals surface area contributed by atoms with Gasteiger partial charge < -0.3 is 10.2 Å². The van der Waals surface area contributed by atoms with Crippen LogP contribution in [-0.4, -0.2) is 31.7 Å². The summed E-state index contributed by atoms with van der Waals surface area (Å²) in [6.07, 6.45) is 0. The fourth-order valence-electron chi connectivity index (χ4n) is 0. The molecule has 0 spiro atoms. The average molecular weight is 180 g/mol. The standard InChI is InChI=1S/C2H6O2.Cr.2H2O.2O/c3-1-2-4;;;;;/h3-4H,1-2H2;;2*1H2;;/q;+2;;;;/p-2. The predicted molar refractivity (Wildman–Crippen MR) is 20.0 cm³/mol. The molecule has 0 aromatic rings. The van der Waals surface area contributed by atoms with E-state index in [1.165, 1.54) is 0 Å². The second kappa shape index (κ2) is 6.10. The van der Waals surface area contributed by atoms with Gasteiger partial charge in [-0.25, -0.2) is 0 Å². The van der Waals surface area contributed by atoms with Gasteiger partial charge in [0.2, 0.25) is 0 Å². The van der Waals surface area contributed by atoms with Gasteiger partial charge in [-0.15, -0.1) is 0 Å². The monoisotopic (exact) mass is 180 g/mol. The maximum atomic E-state index is 8.82. The van der Waals surface area contributed by atoms with Crippen molar-refractivity contribution in [1.82, 2.24) is 0 Å².